The average molecular weight is 354 g/mol. The topological polar surface area (TPSA) is 77.1 Å². The minimum absolute atomic E-state index is 0.123. The van der Waals surface area contributed by atoms with Crippen molar-refractivity contribution < 1.29 is 9.21 Å². The normalized spacial score (nSPS) is 11.1. The van der Waals surface area contributed by atoms with Crippen molar-refractivity contribution in [3.05, 3.63) is 75.5 Å². The molecule has 25 heavy (non-hydrogen) atoms. The highest BCUT2D eigenvalue weighted by Crippen LogP contribution is 2.27. The zero-order valence-electron chi connectivity index (χ0n) is 13.1. The summed E-state index contributed by atoms with van der Waals surface area (Å²) in [6.07, 6.45) is 1.28. The van der Waals surface area contributed by atoms with Crippen LogP contribution in [0.5, 0.6) is 0 Å². The highest BCUT2D eigenvalue weighted by Gasteiger charge is 2.19. The Hall–Kier alpha value is -3.12. The molecule has 0 aliphatic rings. The van der Waals surface area contributed by atoms with Crippen molar-refractivity contribution in [2.75, 3.05) is 5.43 Å². The van der Waals surface area contributed by atoms with Gasteiger partial charge in [0, 0.05) is 16.0 Å². The first-order valence-corrected chi connectivity index (χ1v) is 7.89. The van der Waals surface area contributed by atoms with E-state index in [-0.39, 0.29) is 11.3 Å². The van der Waals surface area contributed by atoms with Crippen molar-refractivity contribution >= 4 is 39.4 Å². The fraction of sp³-hybridized carbons (Fsp3) is 0.0556. The number of halogens is 1. The number of carbonyl (C=O) groups excluding carboxylic acids is 1. The number of carbonyl (C=O) groups is 1. The van der Waals surface area contributed by atoms with E-state index < -0.39 is 5.91 Å². The molecule has 6 nitrogen and oxygen atoms in total. The van der Waals surface area contributed by atoms with Crippen LogP contribution in [0.15, 0.2) is 58.0 Å². The summed E-state index contributed by atoms with van der Waals surface area (Å²) in [7, 11) is 0. The molecule has 0 aliphatic heterocycles. The molecule has 0 aliphatic carbocycles. The average Bonchev–Trinajstić information content (AvgIpc) is 2.94. The van der Waals surface area contributed by atoms with Crippen LogP contribution in [0.25, 0.3) is 21.9 Å². The van der Waals surface area contributed by atoms with E-state index in [9.17, 15) is 9.59 Å². The van der Waals surface area contributed by atoms with Crippen molar-refractivity contribution in [3.8, 4) is 0 Å². The molecule has 1 N–H and O–H groups in total. The van der Waals surface area contributed by atoms with Gasteiger partial charge in [0.05, 0.1) is 10.9 Å². The maximum absolute atomic E-state index is 12.6. The Bertz CT molecular complexity index is 1190. The van der Waals surface area contributed by atoms with Gasteiger partial charge in [-0.1, -0.05) is 23.7 Å². The van der Waals surface area contributed by atoms with Gasteiger partial charge in [0.1, 0.15) is 11.9 Å². The van der Waals surface area contributed by atoms with Gasteiger partial charge < -0.3 is 4.42 Å². The Morgan fingerprint density at radius 1 is 1.20 bits per heavy atom. The largest absolute Gasteiger partial charge is 0.451 e. The lowest BCUT2D eigenvalue weighted by molar-refractivity contribution is 0.0982. The van der Waals surface area contributed by atoms with Gasteiger partial charge in [-0.3, -0.25) is 15.0 Å². The quantitative estimate of drug-likeness (QED) is 0.598. The summed E-state index contributed by atoms with van der Waals surface area (Å²) in [6.45, 7) is 1.76. The molecule has 2 aromatic heterocycles. The second kappa shape index (κ2) is 5.75. The number of aryl methyl sites for hydroxylation is 1. The van der Waals surface area contributed by atoms with Crippen LogP contribution in [0.2, 0.25) is 5.02 Å². The number of benzene rings is 2. The second-order valence-electron chi connectivity index (χ2n) is 5.57. The second-order valence-corrected chi connectivity index (χ2v) is 6.01. The van der Waals surface area contributed by atoms with E-state index in [0.717, 1.165) is 10.1 Å². The highest BCUT2D eigenvalue weighted by molar-refractivity contribution is 6.31. The number of furan rings is 1. The fourth-order valence-corrected chi connectivity index (χ4v) is 2.89. The smallest absolute Gasteiger partial charge is 0.306 e. The number of hydrogen-bond acceptors (Lipinski definition) is 4. The number of para-hydroxylation sites is 1. The monoisotopic (exact) mass is 353 g/mol. The lowest BCUT2D eigenvalue weighted by atomic mass is 10.1. The maximum Gasteiger partial charge on any atom is 0.306 e. The van der Waals surface area contributed by atoms with Gasteiger partial charge >= 0.3 is 5.91 Å². The zero-order valence-corrected chi connectivity index (χ0v) is 13.9. The minimum atomic E-state index is -0.538. The summed E-state index contributed by atoms with van der Waals surface area (Å²) >= 11 is 5.99. The van der Waals surface area contributed by atoms with Gasteiger partial charge in [0.2, 0.25) is 0 Å². The van der Waals surface area contributed by atoms with Crippen LogP contribution in [0.1, 0.15) is 16.1 Å². The third-order valence-corrected chi connectivity index (χ3v) is 4.23. The Morgan fingerprint density at radius 3 is 2.84 bits per heavy atom. The van der Waals surface area contributed by atoms with Gasteiger partial charge in [-0.05, 0) is 37.3 Å². The predicted octanol–water partition coefficient (Wildman–Crippen LogP) is 3.49. The van der Waals surface area contributed by atoms with Crippen molar-refractivity contribution in [2.45, 2.75) is 6.92 Å². The summed E-state index contributed by atoms with van der Waals surface area (Å²) in [5.41, 5.74) is 3.91. The van der Waals surface area contributed by atoms with Crippen LogP contribution in [0.4, 0.5) is 0 Å². The summed E-state index contributed by atoms with van der Waals surface area (Å²) in [5, 5.41) is 1.72. The molecule has 4 aromatic rings. The van der Waals surface area contributed by atoms with Crippen molar-refractivity contribution in [3.63, 3.8) is 0 Å². The molecule has 7 heteroatoms. The van der Waals surface area contributed by atoms with E-state index in [1.165, 1.54) is 6.33 Å². The zero-order chi connectivity index (χ0) is 17.6. The SMILES string of the molecule is Cc1c(C(=O)Nn2cnc3ccccc3c2=O)oc2ccc(Cl)cc12. The lowest BCUT2D eigenvalue weighted by Gasteiger charge is -2.07. The molecule has 2 aromatic carbocycles. The number of fused-ring (bicyclic) bond motifs is 2. The Labute approximate surface area is 146 Å². The third kappa shape index (κ3) is 2.56. The number of aromatic nitrogens is 2. The van der Waals surface area contributed by atoms with Crippen molar-refractivity contribution in [2.24, 2.45) is 0 Å². The van der Waals surface area contributed by atoms with Crippen LogP contribution in [-0.4, -0.2) is 15.6 Å². The number of nitrogens with one attached hydrogen (secondary N) is 1. The molecule has 0 unspecified atom stereocenters. The Balaban J connectivity index is 1.74. The van der Waals surface area contributed by atoms with Crippen molar-refractivity contribution in [1.29, 1.82) is 0 Å². The number of nitrogens with zero attached hydrogens (tertiary/aromatic N) is 2. The first-order valence-electron chi connectivity index (χ1n) is 7.51. The molecule has 0 bridgehead atoms. The summed E-state index contributed by atoms with van der Waals surface area (Å²) in [6, 6.07) is 12.0. The van der Waals surface area contributed by atoms with Crippen LogP contribution >= 0.6 is 11.6 Å². The third-order valence-electron chi connectivity index (χ3n) is 3.99. The van der Waals surface area contributed by atoms with Gasteiger partial charge in [-0.2, -0.15) is 0 Å². The van der Waals surface area contributed by atoms with Crippen LogP contribution in [0, 0.1) is 6.92 Å². The van der Waals surface area contributed by atoms with E-state index in [4.69, 9.17) is 16.0 Å². The molecule has 1 amide bonds. The molecule has 0 saturated heterocycles. The van der Waals surface area contributed by atoms with Crippen LogP contribution in [0.3, 0.4) is 0 Å². The highest BCUT2D eigenvalue weighted by atomic mass is 35.5. The predicted molar refractivity (Wildman–Crippen MR) is 95.7 cm³/mol. The van der Waals surface area contributed by atoms with Crippen LogP contribution in [-0.2, 0) is 0 Å². The standard InChI is InChI=1S/C18H12ClN3O3/c1-10-13-8-11(19)6-7-15(13)25-16(10)17(23)21-22-9-20-14-5-3-2-4-12(14)18(22)24/h2-9H,1H3,(H,21,23). The number of hydrogen-bond donors (Lipinski definition) is 1. The molecule has 0 atom stereocenters. The molecule has 0 saturated carbocycles. The number of amides is 1. The molecule has 4 rings (SSSR count). The molecular weight excluding hydrogens is 342 g/mol. The van der Waals surface area contributed by atoms with E-state index in [2.05, 4.69) is 10.4 Å². The molecule has 0 radical (unpaired) electrons. The van der Waals surface area contributed by atoms with E-state index in [1.807, 2.05) is 0 Å². The molecular formula is C18H12ClN3O3. The van der Waals surface area contributed by atoms with E-state index in [0.29, 0.717) is 27.1 Å². The van der Waals surface area contributed by atoms with E-state index >= 15 is 0 Å². The lowest BCUT2D eigenvalue weighted by Crippen LogP contribution is -2.33. The number of rotatable bonds is 2. The first kappa shape index (κ1) is 15.4. The first-order chi connectivity index (χ1) is 12.0. The van der Waals surface area contributed by atoms with Gasteiger partial charge in [-0.25, -0.2) is 9.66 Å². The molecule has 0 fully saturated rings. The summed E-state index contributed by atoms with van der Waals surface area (Å²) in [5.74, 6) is -0.415. The summed E-state index contributed by atoms with van der Waals surface area (Å²) < 4.78 is 6.65. The Kier molecular flexibility index (Phi) is 3.54. The van der Waals surface area contributed by atoms with Gasteiger partial charge in [-0.15, -0.1) is 0 Å². The van der Waals surface area contributed by atoms with Gasteiger partial charge in [0.25, 0.3) is 5.56 Å². The maximum atomic E-state index is 12.6. The van der Waals surface area contributed by atoms with Crippen LogP contribution < -0.4 is 11.0 Å². The van der Waals surface area contributed by atoms with E-state index in [1.54, 1.807) is 49.4 Å². The van der Waals surface area contributed by atoms with Gasteiger partial charge in [0.15, 0.2) is 5.76 Å². The fourth-order valence-electron chi connectivity index (χ4n) is 2.72. The summed E-state index contributed by atoms with van der Waals surface area (Å²) in [4.78, 5) is 29.2. The molecule has 124 valence electrons. The molecule has 0 spiro atoms. The Morgan fingerprint density at radius 2 is 2.00 bits per heavy atom. The minimum Gasteiger partial charge on any atom is -0.451 e. The molecule has 2 heterocycles. The van der Waals surface area contributed by atoms with Crippen molar-refractivity contribution in [1.82, 2.24) is 9.66 Å².